The minimum atomic E-state index is -1.68. The molecule has 0 fully saturated rings. The summed E-state index contributed by atoms with van der Waals surface area (Å²) in [6.07, 6.45) is 0.249. The quantitative estimate of drug-likeness (QED) is 0.00982. The van der Waals surface area contributed by atoms with Crippen molar-refractivity contribution in [2.45, 2.75) is 238 Å². The Hall–Kier alpha value is -11.9. The number of fused-ring (bicyclic) bond motifs is 5. The number of unbranched alkanes of at least 4 members (excludes halogenated alkanes) is 1. The monoisotopic (exact) mass is 1620 g/mol. The molecule has 0 bridgehead atoms. The van der Waals surface area contributed by atoms with Gasteiger partial charge in [-0.2, -0.15) is 0 Å². The van der Waals surface area contributed by atoms with Gasteiger partial charge in [-0.3, -0.25) is 42.9 Å². The predicted octanol–water partition coefficient (Wildman–Crippen LogP) is 11.3. The molecule has 0 saturated carbocycles. The van der Waals surface area contributed by atoms with Gasteiger partial charge in [0.05, 0.1) is 17.2 Å². The Morgan fingerprint density at radius 3 is 1.53 bits per heavy atom. The van der Waals surface area contributed by atoms with Crippen LogP contribution in [0.5, 0.6) is 5.75 Å². The molecule has 27 heteroatoms. The number of alkyl carbamates (subject to hydrolysis) is 2. The number of carbonyl (C=O) groups excluding carboxylic acids is 11. The highest BCUT2D eigenvalue weighted by molar-refractivity contribution is 6.00. The zero-order valence-electron chi connectivity index (χ0n) is 70.4. The lowest BCUT2D eigenvalue weighted by molar-refractivity contribution is -0.138. The molecule has 27 nitrogen and oxygen atoms in total. The number of nitrogens with two attached hydrogens (primary N) is 1. The van der Waals surface area contributed by atoms with Crippen LogP contribution in [-0.2, 0) is 76.6 Å². The fourth-order valence-corrected chi connectivity index (χ4v) is 13.9. The van der Waals surface area contributed by atoms with Crippen molar-refractivity contribution in [1.29, 1.82) is 0 Å². The fourth-order valence-electron chi connectivity index (χ4n) is 13.9. The van der Waals surface area contributed by atoms with Gasteiger partial charge in [0.2, 0.25) is 47.3 Å². The molecule has 0 saturated heterocycles. The van der Waals surface area contributed by atoms with Gasteiger partial charge < -0.3 is 77.3 Å². The molecule has 0 aliphatic heterocycles. The first kappa shape index (κ1) is 91.7. The van der Waals surface area contributed by atoms with Crippen LogP contribution in [0, 0.1) is 5.92 Å². The topological polar surface area (TPSA) is 373 Å². The van der Waals surface area contributed by atoms with Gasteiger partial charge in [-0.1, -0.05) is 147 Å². The second kappa shape index (κ2) is 40.8. The Kier molecular flexibility index (Phi) is 31.7. The highest BCUT2D eigenvalue weighted by Gasteiger charge is 2.39. The summed E-state index contributed by atoms with van der Waals surface area (Å²) in [6.45, 7) is 33.7. The maximum absolute atomic E-state index is 15.9. The van der Waals surface area contributed by atoms with E-state index in [1.165, 1.54) is 22.9 Å². The molecule has 1 aromatic heterocycles. The number of carbonyl (C=O) groups is 11. The number of aromatic nitrogens is 1. The number of rotatable bonds is 37. The van der Waals surface area contributed by atoms with E-state index in [4.69, 9.17) is 29.4 Å². The molecule has 10 amide bonds. The summed E-state index contributed by atoms with van der Waals surface area (Å²) in [5.74, 6) is -7.47. The Bertz CT molecular complexity index is 4710. The van der Waals surface area contributed by atoms with E-state index in [0.29, 0.717) is 33.3 Å². The van der Waals surface area contributed by atoms with Crippen molar-refractivity contribution in [2.75, 3.05) is 13.2 Å². The van der Waals surface area contributed by atoms with Crippen LogP contribution in [0.3, 0.4) is 0 Å². The third kappa shape index (κ3) is 27.1. The molecule has 1 unspecified atom stereocenters. The fraction of sp³-hybridized carbons (Fsp3) is 0.440. The summed E-state index contributed by atoms with van der Waals surface area (Å²) in [6, 6.07) is 31.0. The zero-order valence-corrected chi connectivity index (χ0v) is 70.4. The molecule has 118 heavy (non-hydrogen) atoms. The molecule has 9 atom stereocenters. The number of nitrogens with zero attached hydrogens (tertiary/aromatic N) is 1. The van der Waals surface area contributed by atoms with Crippen LogP contribution in [0.15, 0.2) is 171 Å². The summed E-state index contributed by atoms with van der Waals surface area (Å²) in [5.41, 5.74) is 8.53. The van der Waals surface area contributed by atoms with Crippen LogP contribution in [0.1, 0.15) is 170 Å². The van der Waals surface area contributed by atoms with E-state index < -0.39 is 148 Å². The average molecular weight is 1620 g/mol. The Balaban J connectivity index is 1.14. The van der Waals surface area contributed by atoms with E-state index in [9.17, 15) is 28.8 Å². The number of primary amides is 1. The van der Waals surface area contributed by atoms with Crippen molar-refractivity contribution in [3.05, 3.63) is 199 Å². The smallest absolute Gasteiger partial charge is 0.419 e. The molecule has 0 spiro atoms. The van der Waals surface area contributed by atoms with Gasteiger partial charge in [-0.05, 0) is 196 Å². The van der Waals surface area contributed by atoms with Crippen LogP contribution in [0.25, 0.3) is 32.8 Å². The van der Waals surface area contributed by atoms with E-state index >= 15 is 24.0 Å². The maximum atomic E-state index is 15.9. The van der Waals surface area contributed by atoms with Crippen LogP contribution in [0.2, 0.25) is 0 Å². The highest BCUT2D eigenvalue weighted by atomic mass is 16.6. The third-order valence-electron chi connectivity index (χ3n) is 19.2. The molecule has 1 heterocycles. The zero-order chi connectivity index (χ0) is 86.6. The third-order valence-corrected chi connectivity index (χ3v) is 19.2. The van der Waals surface area contributed by atoms with Gasteiger partial charge >= 0.3 is 18.3 Å². The SMILES string of the molecule is C=CC[C@H](NC(=O)[C@@H](Cc1ccc2ccccc2c1)NC(=O)OCC1c2ccccc2-c2ccccc21)C(=O)N[C@@H](Cc1ccc(OC(C)(C)C)cc1)C(=O)N[C@@H](Cc1cn(C(=O)OC(C)(C)C)c2ccccc12)C(=O)N[C@@H](CCCCNC(=O)OC(C)(C)C)C(=O)N[C@@H](C(=O)N[C@H](CC=C)C(=O)N[C@@H](C(N)=O)C(C)OC(C)(C)C)C(C)C. The number of hydrogen-bond acceptors (Lipinski definition) is 16. The minimum absolute atomic E-state index is 0.0586. The lowest BCUT2D eigenvalue weighted by Gasteiger charge is -2.31. The average Bonchev–Trinajstić information content (AvgIpc) is 1.62. The van der Waals surface area contributed by atoms with Crippen molar-refractivity contribution in [3.63, 3.8) is 0 Å². The first-order valence-electron chi connectivity index (χ1n) is 40.1. The Labute approximate surface area is 691 Å². The number of hydrogen-bond donors (Lipinski definition) is 10. The van der Waals surface area contributed by atoms with E-state index in [2.05, 4.69) is 61.0 Å². The van der Waals surface area contributed by atoms with Crippen molar-refractivity contribution < 1.29 is 76.4 Å². The first-order valence-corrected chi connectivity index (χ1v) is 40.1. The molecule has 1 aliphatic carbocycles. The van der Waals surface area contributed by atoms with Gasteiger partial charge in [-0.15, -0.1) is 13.2 Å². The standard InChI is InChI=1S/C91H117N11O16/c1-18-30-68(94-82(108)72(50-57-41-44-58-32-20-21-33-59(58)48-57)99-86(112)114-53-67-65-37-24-22-35-63(65)64-36-23-25-38-66(64)67)78(104)97-71(49-56-42-45-61(46-43-56)116-89(9,10)11)81(107)98-73(51-60-52-102(87(113)118-91(15,16)17)74-40-27-26-34-62(60)74)83(109)95-70(39-28-29-47-93-85(111)117-90(12,13)14)80(106)100-75(54(3)4)84(110)96-69(31-19-2)79(105)101-76(77(92)103)55(5)115-88(6,7)8/h18-27,32-38,40-46,48,52,54-55,67-73,75-76H,1-2,28-31,39,47,49-51,53H2,3-17H3,(H2,92,103)(H,93,111)(H,94,108)(H,95,109)(H,96,110)(H,97,104)(H,98,107)(H,99,112)(H,100,106)(H,101,105)/t55?,68-,69+,70-,71-,72+,73-,75+,76+/m0/s1. The van der Waals surface area contributed by atoms with Crippen molar-refractivity contribution in [2.24, 2.45) is 11.7 Å². The molecule has 7 aromatic rings. The van der Waals surface area contributed by atoms with E-state index in [0.717, 1.165) is 33.0 Å². The van der Waals surface area contributed by atoms with Crippen molar-refractivity contribution in [3.8, 4) is 16.9 Å². The lowest BCUT2D eigenvalue weighted by atomic mass is 9.98. The summed E-state index contributed by atoms with van der Waals surface area (Å²) < 4.78 is 30.7. The van der Waals surface area contributed by atoms with Crippen LogP contribution in [0.4, 0.5) is 14.4 Å². The molecular formula is C91H117N11O16. The summed E-state index contributed by atoms with van der Waals surface area (Å²) in [5, 5.41) is 27.3. The normalized spacial score (nSPS) is 14.5. The van der Waals surface area contributed by atoms with Gasteiger partial charge in [0.25, 0.3) is 0 Å². The predicted molar refractivity (Wildman–Crippen MR) is 453 cm³/mol. The van der Waals surface area contributed by atoms with Gasteiger partial charge in [0, 0.05) is 43.3 Å². The van der Waals surface area contributed by atoms with Gasteiger partial charge in [-0.25, -0.2) is 14.4 Å². The molecule has 1 aliphatic rings. The van der Waals surface area contributed by atoms with E-state index in [1.54, 1.807) is 132 Å². The molecule has 0 radical (unpaired) electrons. The number of ether oxygens (including phenoxy) is 5. The Morgan fingerprint density at radius 2 is 0.958 bits per heavy atom. The van der Waals surface area contributed by atoms with Crippen LogP contribution >= 0.6 is 0 Å². The molecule has 8 rings (SSSR count). The van der Waals surface area contributed by atoms with Crippen LogP contribution < -0.4 is 58.3 Å². The molecule has 11 N–H and O–H groups in total. The minimum Gasteiger partial charge on any atom is -0.488 e. The second-order valence-electron chi connectivity index (χ2n) is 34.0. The largest absolute Gasteiger partial charge is 0.488 e. The van der Waals surface area contributed by atoms with E-state index in [1.807, 2.05) is 112 Å². The molecule has 632 valence electrons. The van der Waals surface area contributed by atoms with Crippen molar-refractivity contribution in [1.82, 2.24) is 52.4 Å². The Morgan fingerprint density at radius 1 is 0.475 bits per heavy atom. The van der Waals surface area contributed by atoms with E-state index in [-0.39, 0.29) is 70.4 Å². The first-order chi connectivity index (χ1) is 55.6. The lowest BCUT2D eigenvalue weighted by Crippen LogP contribution is -2.61. The van der Waals surface area contributed by atoms with Crippen LogP contribution in [-0.4, -0.2) is 160 Å². The summed E-state index contributed by atoms with van der Waals surface area (Å²) >= 11 is 0. The highest BCUT2D eigenvalue weighted by Crippen LogP contribution is 2.44. The van der Waals surface area contributed by atoms with Gasteiger partial charge in [0.15, 0.2) is 0 Å². The summed E-state index contributed by atoms with van der Waals surface area (Å²) in [7, 11) is 0. The number of amides is 10. The number of benzene rings is 6. The maximum Gasteiger partial charge on any atom is 0.419 e. The molecular weight excluding hydrogens is 1500 g/mol. The number of para-hydroxylation sites is 1. The summed E-state index contributed by atoms with van der Waals surface area (Å²) in [4.78, 5) is 160. The van der Waals surface area contributed by atoms with Gasteiger partial charge in [0.1, 0.15) is 77.5 Å². The molecule has 6 aromatic carbocycles. The van der Waals surface area contributed by atoms with Crippen molar-refractivity contribution >= 4 is 87.2 Å². The second-order valence-corrected chi connectivity index (χ2v) is 34.0. The number of nitrogens with one attached hydrogen (secondary N) is 9.